The molecule has 0 spiro atoms. The topological polar surface area (TPSA) is 104 Å². The Labute approximate surface area is 166 Å². The number of hydrogen-bond acceptors (Lipinski definition) is 6. The fraction of sp³-hybridized carbons (Fsp3) is 0.667. The Balaban J connectivity index is 1.43. The lowest BCUT2D eigenvalue weighted by atomic mass is 10.3. The van der Waals surface area contributed by atoms with Gasteiger partial charge in [0, 0.05) is 32.7 Å². The van der Waals surface area contributed by atoms with Gasteiger partial charge < -0.3 is 20.3 Å². The smallest absolute Gasteiger partial charge is 0.319 e. The molecule has 2 fully saturated rings. The van der Waals surface area contributed by atoms with E-state index in [0.717, 1.165) is 18.9 Å². The molecule has 3 heterocycles. The molecule has 2 aliphatic rings. The zero-order valence-corrected chi connectivity index (χ0v) is 17.2. The predicted molar refractivity (Wildman–Crippen MR) is 108 cm³/mol. The highest BCUT2D eigenvalue weighted by Gasteiger charge is 2.30. The molecule has 2 N–H and O–H groups in total. The summed E-state index contributed by atoms with van der Waals surface area (Å²) in [6, 6.07) is 3.23. The van der Waals surface area contributed by atoms with Crippen molar-refractivity contribution >= 4 is 27.6 Å². The van der Waals surface area contributed by atoms with Crippen LogP contribution in [0.1, 0.15) is 26.7 Å². The largest absolute Gasteiger partial charge is 0.373 e. The highest BCUT2D eigenvalue weighted by atomic mass is 32.2. The fourth-order valence-corrected chi connectivity index (χ4v) is 5.04. The van der Waals surface area contributed by atoms with Gasteiger partial charge in [-0.2, -0.15) is 4.31 Å². The SMILES string of the molecule is C[C@@H]1CN(S(=O)(=O)CCNC(=O)Nc2ccc(N3CCCC3)nc2)C[C@H](C)O1. The summed E-state index contributed by atoms with van der Waals surface area (Å²) >= 11 is 0. The average Bonchev–Trinajstić information content (AvgIpc) is 3.16. The van der Waals surface area contributed by atoms with Crippen molar-refractivity contribution in [2.24, 2.45) is 0 Å². The summed E-state index contributed by atoms with van der Waals surface area (Å²) in [6.45, 7) is 6.44. The van der Waals surface area contributed by atoms with Crippen molar-refractivity contribution < 1.29 is 17.9 Å². The molecule has 9 nitrogen and oxygen atoms in total. The summed E-state index contributed by atoms with van der Waals surface area (Å²) in [7, 11) is -3.44. The van der Waals surface area contributed by atoms with Gasteiger partial charge >= 0.3 is 6.03 Å². The number of amides is 2. The van der Waals surface area contributed by atoms with Gasteiger partial charge in [-0.3, -0.25) is 0 Å². The second-order valence-corrected chi connectivity index (χ2v) is 9.46. The molecule has 1 aromatic rings. The first-order valence-corrected chi connectivity index (χ1v) is 11.3. The first kappa shape index (κ1) is 20.8. The van der Waals surface area contributed by atoms with E-state index in [1.54, 1.807) is 12.3 Å². The number of urea groups is 1. The van der Waals surface area contributed by atoms with Crippen LogP contribution < -0.4 is 15.5 Å². The predicted octanol–water partition coefficient (Wildman–Crippen LogP) is 1.24. The molecule has 156 valence electrons. The Hall–Kier alpha value is -1.91. The zero-order valence-electron chi connectivity index (χ0n) is 16.4. The van der Waals surface area contributed by atoms with Gasteiger partial charge in [0.1, 0.15) is 5.82 Å². The Morgan fingerprint density at radius 3 is 2.50 bits per heavy atom. The van der Waals surface area contributed by atoms with Crippen molar-refractivity contribution in [2.45, 2.75) is 38.9 Å². The number of morpholine rings is 1. The highest BCUT2D eigenvalue weighted by Crippen LogP contribution is 2.19. The lowest BCUT2D eigenvalue weighted by Crippen LogP contribution is -2.49. The monoisotopic (exact) mass is 411 g/mol. The van der Waals surface area contributed by atoms with Crippen LogP contribution in [-0.4, -0.2) is 74.4 Å². The van der Waals surface area contributed by atoms with Gasteiger partial charge in [-0.1, -0.05) is 0 Å². The van der Waals surface area contributed by atoms with E-state index in [4.69, 9.17) is 4.74 Å². The molecule has 0 bridgehead atoms. The van der Waals surface area contributed by atoms with Crippen LogP contribution in [0.5, 0.6) is 0 Å². The Morgan fingerprint density at radius 2 is 1.89 bits per heavy atom. The molecule has 10 heteroatoms. The third kappa shape index (κ3) is 5.55. The van der Waals surface area contributed by atoms with E-state index in [1.165, 1.54) is 17.1 Å². The minimum Gasteiger partial charge on any atom is -0.373 e. The molecule has 2 amide bonds. The van der Waals surface area contributed by atoms with E-state index in [-0.39, 0.29) is 24.5 Å². The number of nitrogens with one attached hydrogen (secondary N) is 2. The van der Waals surface area contributed by atoms with Gasteiger partial charge in [0.25, 0.3) is 0 Å². The Bertz CT molecular complexity index is 755. The third-order valence-corrected chi connectivity index (χ3v) is 6.67. The quantitative estimate of drug-likeness (QED) is 0.730. The van der Waals surface area contributed by atoms with Crippen LogP contribution in [-0.2, 0) is 14.8 Å². The van der Waals surface area contributed by atoms with Crippen LogP contribution in [0.3, 0.4) is 0 Å². The van der Waals surface area contributed by atoms with Gasteiger partial charge in [-0.05, 0) is 38.8 Å². The number of nitrogens with zero attached hydrogens (tertiary/aromatic N) is 3. The van der Waals surface area contributed by atoms with Crippen molar-refractivity contribution in [3.05, 3.63) is 18.3 Å². The lowest BCUT2D eigenvalue weighted by molar-refractivity contribution is -0.0440. The van der Waals surface area contributed by atoms with Gasteiger partial charge in [0.2, 0.25) is 10.0 Å². The molecular formula is C18H29N5O4S. The standard InChI is InChI=1S/C18H29N5O4S/c1-14-12-23(13-15(2)27-14)28(25,26)10-7-19-18(24)21-16-5-6-17(20-11-16)22-8-3-4-9-22/h5-6,11,14-15H,3-4,7-10,12-13H2,1-2H3,(H2,19,21,24)/t14-,15+. The van der Waals surface area contributed by atoms with E-state index in [0.29, 0.717) is 18.8 Å². The first-order chi connectivity index (χ1) is 13.3. The number of ether oxygens (including phenoxy) is 1. The number of carbonyl (C=O) groups excluding carboxylic acids is 1. The molecule has 0 radical (unpaired) electrons. The summed E-state index contributed by atoms with van der Waals surface area (Å²) in [5.74, 6) is 0.759. The number of carbonyl (C=O) groups is 1. The number of aromatic nitrogens is 1. The van der Waals surface area contributed by atoms with Crippen molar-refractivity contribution in [2.75, 3.05) is 48.7 Å². The molecule has 0 unspecified atom stereocenters. The molecule has 0 aromatic carbocycles. The normalized spacial score (nSPS) is 23.6. The zero-order chi connectivity index (χ0) is 20.1. The number of pyridine rings is 1. The number of hydrogen-bond donors (Lipinski definition) is 2. The molecule has 2 saturated heterocycles. The second-order valence-electron chi connectivity index (χ2n) is 7.37. The summed E-state index contributed by atoms with van der Waals surface area (Å²) < 4.78 is 31.9. The number of sulfonamides is 1. The van der Waals surface area contributed by atoms with Crippen molar-refractivity contribution in [3.63, 3.8) is 0 Å². The first-order valence-electron chi connectivity index (χ1n) is 9.72. The van der Waals surface area contributed by atoms with E-state index in [2.05, 4.69) is 20.5 Å². The van der Waals surface area contributed by atoms with E-state index >= 15 is 0 Å². The van der Waals surface area contributed by atoms with Crippen molar-refractivity contribution in [3.8, 4) is 0 Å². The van der Waals surface area contributed by atoms with Gasteiger partial charge in [0.15, 0.2) is 0 Å². The maximum absolute atomic E-state index is 12.5. The van der Waals surface area contributed by atoms with E-state index < -0.39 is 16.1 Å². The molecule has 0 saturated carbocycles. The van der Waals surface area contributed by atoms with Gasteiger partial charge in [0.05, 0.1) is 29.8 Å². The van der Waals surface area contributed by atoms with Crippen LogP contribution >= 0.6 is 0 Å². The fourth-order valence-electron chi connectivity index (χ4n) is 3.55. The minimum atomic E-state index is -3.44. The maximum atomic E-state index is 12.5. The Kier molecular flexibility index (Phi) is 6.73. The number of anilines is 2. The van der Waals surface area contributed by atoms with Crippen LogP contribution in [0.4, 0.5) is 16.3 Å². The summed E-state index contributed by atoms with van der Waals surface area (Å²) in [4.78, 5) is 18.6. The average molecular weight is 412 g/mol. The Morgan fingerprint density at radius 1 is 1.21 bits per heavy atom. The van der Waals surface area contributed by atoms with Crippen LogP contribution in [0, 0.1) is 0 Å². The molecule has 1 aromatic heterocycles. The summed E-state index contributed by atoms with van der Waals surface area (Å²) in [6.07, 6.45) is 3.70. The van der Waals surface area contributed by atoms with Crippen molar-refractivity contribution in [1.29, 1.82) is 0 Å². The molecule has 3 rings (SSSR count). The molecular weight excluding hydrogens is 382 g/mol. The molecule has 2 aliphatic heterocycles. The third-order valence-electron chi connectivity index (χ3n) is 4.86. The summed E-state index contributed by atoms with van der Waals surface area (Å²) in [5.41, 5.74) is 0.569. The lowest BCUT2D eigenvalue weighted by Gasteiger charge is -2.34. The van der Waals surface area contributed by atoms with Gasteiger partial charge in [-0.15, -0.1) is 0 Å². The van der Waals surface area contributed by atoms with E-state index in [1.807, 2.05) is 19.9 Å². The van der Waals surface area contributed by atoms with Gasteiger partial charge in [-0.25, -0.2) is 18.2 Å². The second kappa shape index (κ2) is 9.06. The maximum Gasteiger partial charge on any atom is 0.319 e. The molecule has 28 heavy (non-hydrogen) atoms. The minimum absolute atomic E-state index is 0.0353. The van der Waals surface area contributed by atoms with Crippen LogP contribution in [0.25, 0.3) is 0 Å². The van der Waals surface area contributed by atoms with Crippen molar-refractivity contribution in [1.82, 2.24) is 14.6 Å². The highest BCUT2D eigenvalue weighted by molar-refractivity contribution is 7.89. The number of rotatable bonds is 6. The van der Waals surface area contributed by atoms with Crippen LogP contribution in [0.15, 0.2) is 18.3 Å². The van der Waals surface area contributed by atoms with Crippen LogP contribution in [0.2, 0.25) is 0 Å². The summed E-state index contributed by atoms with van der Waals surface area (Å²) in [5, 5.41) is 5.27. The van der Waals surface area contributed by atoms with E-state index in [9.17, 15) is 13.2 Å². The molecule has 2 atom stereocenters. The molecule has 0 aliphatic carbocycles.